The van der Waals surface area contributed by atoms with E-state index in [1.165, 1.54) is 0 Å². The molecule has 0 spiro atoms. The average molecular weight is 566 g/mol. The second kappa shape index (κ2) is 21.1. The maximum atomic E-state index is 11.9. The number of carbonyl (C=O) groups excluding carboxylic acids is 3. The third kappa shape index (κ3) is 30.6. The molecule has 0 aliphatic heterocycles. The van der Waals surface area contributed by atoms with E-state index in [2.05, 4.69) is 0 Å². The van der Waals surface area contributed by atoms with Crippen LogP contribution in [0.25, 0.3) is 0 Å². The predicted octanol–water partition coefficient (Wildman–Crippen LogP) is 4.98. The summed E-state index contributed by atoms with van der Waals surface area (Å²) in [6.45, 7) is 24.6. The molecule has 234 valence electrons. The fourth-order valence-corrected chi connectivity index (χ4v) is 2.60. The Morgan fingerprint density at radius 2 is 0.692 bits per heavy atom. The third-order valence-corrected chi connectivity index (χ3v) is 3.78. The summed E-state index contributed by atoms with van der Waals surface area (Å²) >= 11 is 0. The second-order valence-corrected chi connectivity index (χ2v) is 11.5. The van der Waals surface area contributed by atoms with Crippen LogP contribution in [-0.2, 0) is 42.8 Å². The summed E-state index contributed by atoms with van der Waals surface area (Å²) in [7, 11) is 0. The molecule has 39 heavy (non-hydrogen) atoms. The van der Waals surface area contributed by atoms with Crippen molar-refractivity contribution in [1.82, 2.24) is 0 Å². The van der Waals surface area contributed by atoms with Crippen molar-refractivity contribution < 1.29 is 42.8 Å². The molecule has 0 rings (SSSR count). The Morgan fingerprint density at radius 3 is 0.872 bits per heavy atom. The van der Waals surface area contributed by atoms with E-state index in [1.54, 1.807) is 62.3 Å². The monoisotopic (exact) mass is 565 g/mol. The molecule has 0 aromatic heterocycles. The van der Waals surface area contributed by atoms with Gasteiger partial charge in [-0.05, 0) is 62.3 Å². The lowest BCUT2D eigenvalue weighted by atomic mass is 10.1. The zero-order chi connectivity index (χ0) is 31.3. The minimum absolute atomic E-state index is 0.0364. The Balaban J connectivity index is -0.00000308. The lowest BCUT2D eigenvalue weighted by molar-refractivity contribution is -0.157. The molecule has 0 aliphatic carbocycles. The number of hydrogen-bond acceptors (Lipinski definition) is 10. The first-order valence-corrected chi connectivity index (χ1v) is 14.0. The van der Waals surface area contributed by atoms with E-state index in [1.807, 2.05) is 27.7 Å². The largest absolute Gasteiger partial charge is 0.460 e. The summed E-state index contributed by atoms with van der Waals surface area (Å²) in [5, 5.41) is 0. The van der Waals surface area contributed by atoms with Crippen molar-refractivity contribution >= 4 is 17.9 Å². The smallest absolute Gasteiger partial charge is 0.308 e. The Kier molecular flexibility index (Phi) is 22.5. The predicted molar refractivity (Wildman–Crippen MR) is 153 cm³/mol. The van der Waals surface area contributed by atoms with Crippen molar-refractivity contribution in [2.75, 3.05) is 39.6 Å². The van der Waals surface area contributed by atoms with Gasteiger partial charge in [0.25, 0.3) is 0 Å². The minimum atomic E-state index is -1.06. The Hall–Kier alpha value is -1.75. The van der Waals surface area contributed by atoms with Gasteiger partial charge in [0.05, 0.1) is 64.4 Å². The average Bonchev–Trinajstić information content (AvgIpc) is 2.77. The first-order valence-electron chi connectivity index (χ1n) is 14.0. The summed E-state index contributed by atoms with van der Waals surface area (Å²) in [4.78, 5) is 35.6. The highest BCUT2D eigenvalue weighted by Crippen LogP contribution is 2.12. The van der Waals surface area contributed by atoms with Crippen LogP contribution in [0.2, 0.25) is 0 Å². The van der Waals surface area contributed by atoms with Crippen LogP contribution in [0.3, 0.4) is 0 Å². The van der Waals surface area contributed by atoms with E-state index in [-0.39, 0.29) is 76.8 Å². The van der Waals surface area contributed by atoms with Gasteiger partial charge < -0.3 is 34.2 Å². The number of hydrogen-bond donors (Lipinski definition) is 1. The number of carbonyl (C=O) groups is 3. The highest BCUT2D eigenvalue weighted by atomic mass is 16.6. The van der Waals surface area contributed by atoms with Gasteiger partial charge in [-0.3, -0.25) is 14.4 Å². The van der Waals surface area contributed by atoms with Crippen LogP contribution >= 0.6 is 0 Å². The van der Waals surface area contributed by atoms with Crippen LogP contribution in [-0.4, -0.2) is 79.9 Å². The van der Waals surface area contributed by atoms with Gasteiger partial charge in [-0.25, -0.2) is 0 Å². The fraction of sp³-hybridized carbons (Fsp3) is 0.897. The van der Waals surface area contributed by atoms with Crippen molar-refractivity contribution in [3.63, 3.8) is 0 Å². The number of rotatable bonds is 15. The lowest BCUT2D eigenvalue weighted by Crippen LogP contribution is -2.53. The molecule has 10 heteroatoms. The van der Waals surface area contributed by atoms with E-state index in [0.717, 1.165) is 0 Å². The summed E-state index contributed by atoms with van der Waals surface area (Å²) < 4.78 is 32.6. The van der Waals surface area contributed by atoms with Gasteiger partial charge in [0, 0.05) is 0 Å². The maximum absolute atomic E-state index is 11.9. The topological polar surface area (TPSA) is 133 Å². The van der Waals surface area contributed by atoms with Crippen molar-refractivity contribution in [3.8, 4) is 0 Å². The molecule has 0 fully saturated rings. The van der Waals surface area contributed by atoms with Gasteiger partial charge in [0.1, 0.15) is 16.8 Å². The molecule has 0 aromatic carbocycles. The van der Waals surface area contributed by atoms with E-state index in [9.17, 15) is 14.4 Å². The zero-order valence-electron chi connectivity index (χ0n) is 27.1. The number of ether oxygens (including phenoxy) is 6. The Labute approximate surface area is 237 Å². The lowest BCUT2D eigenvalue weighted by Gasteiger charge is -2.29. The van der Waals surface area contributed by atoms with E-state index in [4.69, 9.17) is 34.2 Å². The molecule has 0 heterocycles. The molecule has 2 N–H and O–H groups in total. The van der Waals surface area contributed by atoms with Crippen molar-refractivity contribution in [1.29, 1.82) is 0 Å². The minimum Gasteiger partial charge on any atom is -0.460 e. The molecule has 0 radical (unpaired) electrons. The van der Waals surface area contributed by atoms with Crippen LogP contribution in [0.15, 0.2) is 0 Å². The molecule has 0 saturated carbocycles. The van der Waals surface area contributed by atoms with Gasteiger partial charge in [-0.15, -0.1) is 0 Å². The fourth-order valence-electron chi connectivity index (χ4n) is 2.60. The summed E-state index contributed by atoms with van der Waals surface area (Å²) in [6, 6.07) is 0. The summed E-state index contributed by atoms with van der Waals surface area (Å²) in [5.41, 5.74) is 3.66. The van der Waals surface area contributed by atoms with Crippen LogP contribution in [0.1, 0.15) is 109 Å². The summed E-state index contributed by atoms with van der Waals surface area (Å²) in [5.74, 6) is -1.12. The third-order valence-electron chi connectivity index (χ3n) is 3.78. The molecular formula is C29H59NO9. The molecule has 0 saturated heterocycles. The number of nitrogens with two attached hydrogens (primary N) is 1. The standard InChI is InChI=1S/C25H47NO9.2C2H6/c1-22(2,3)33-19(27)10-13-30-16-25(26,17-31-14-11-20(28)34-23(4,5)6)18-32-15-12-21(29)35-24(7,8)9;2*1-2/h10-18,26H2,1-9H3;2*1-2H3. The summed E-state index contributed by atoms with van der Waals surface area (Å²) in [6.07, 6.45) is 0.227. The first-order chi connectivity index (χ1) is 17.8. The molecule has 0 bridgehead atoms. The number of esters is 3. The van der Waals surface area contributed by atoms with Crippen molar-refractivity contribution in [2.45, 2.75) is 132 Å². The molecule has 10 nitrogen and oxygen atoms in total. The highest BCUT2D eigenvalue weighted by molar-refractivity contribution is 5.70. The van der Waals surface area contributed by atoms with Gasteiger partial charge in [-0.2, -0.15) is 0 Å². The first kappa shape index (κ1) is 41.7. The van der Waals surface area contributed by atoms with Crippen LogP contribution in [0.4, 0.5) is 0 Å². The van der Waals surface area contributed by atoms with Crippen LogP contribution in [0, 0.1) is 0 Å². The molecule has 0 aromatic rings. The van der Waals surface area contributed by atoms with Crippen LogP contribution in [0.5, 0.6) is 0 Å². The van der Waals surface area contributed by atoms with E-state index in [0.29, 0.717) is 0 Å². The molecule has 0 amide bonds. The highest BCUT2D eigenvalue weighted by Gasteiger charge is 2.28. The van der Waals surface area contributed by atoms with Gasteiger partial charge in [0.2, 0.25) is 0 Å². The quantitative estimate of drug-likeness (QED) is 0.165. The van der Waals surface area contributed by atoms with Crippen molar-refractivity contribution in [3.05, 3.63) is 0 Å². The van der Waals surface area contributed by atoms with Crippen molar-refractivity contribution in [2.24, 2.45) is 5.73 Å². The van der Waals surface area contributed by atoms with E-state index < -0.39 is 22.3 Å². The second-order valence-electron chi connectivity index (χ2n) is 11.5. The Morgan fingerprint density at radius 1 is 0.487 bits per heavy atom. The maximum Gasteiger partial charge on any atom is 0.308 e. The van der Waals surface area contributed by atoms with Gasteiger partial charge in [-0.1, -0.05) is 27.7 Å². The van der Waals surface area contributed by atoms with E-state index >= 15 is 0 Å². The Bertz CT molecular complexity index is 571. The SMILES string of the molecule is CC.CC.CC(C)(C)OC(=O)CCOCC(N)(COCCC(=O)OC(C)(C)C)COCCC(=O)OC(C)(C)C. The normalized spacial score (nSPS) is 11.8. The molecule has 0 aliphatic rings. The zero-order valence-corrected chi connectivity index (χ0v) is 27.1. The molecule has 0 unspecified atom stereocenters. The molecule has 0 atom stereocenters. The van der Waals surface area contributed by atoms with Gasteiger partial charge >= 0.3 is 17.9 Å². The molecular weight excluding hydrogens is 506 g/mol. The van der Waals surface area contributed by atoms with Gasteiger partial charge in [0.15, 0.2) is 0 Å². The van der Waals surface area contributed by atoms with Crippen LogP contribution < -0.4 is 5.73 Å².